The van der Waals surface area contributed by atoms with E-state index in [1.54, 1.807) is 24.3 Å². The van der Waals surface area contributed by atoms with E-state index in [9.17, 15) is 39.6 Å². The normalized spacial score (nSPS) is 13.3. The van der Waals surface area contributed by atoms with Gasteiger partial charge in [0.05, 0.1) is 6.04 Å². The number of benzene rings is 3. The highest BCUT2D eigenvalue weighted by Gasteiger charge is 2.30. The second kappa shape index (κ2) is 17.8. The van der Waals surface area contributed by atoms with Crippen LogP contribution in [0.2, 0.25) is 0 Å². The molecule has 0 aliphatic carbocycles. The number of aromatic hydroxyl groups is 3. The number of phenolic OH excluding ortho intramolecular Hbond substituents is 3. The van der Waals surface area contributed by atoms with Crippen LogP contribution in [-0.2, 0) is 38.4 Å². The van der Waals surface area contributed by atoms with Crippen molar-refractivity contribution in [1.82, 2.24) is 16.0 Å². The zero-order valence-corrected chi connectivity index (χ0v) is 26.1. The van der Waals surface area contributed by atoms with Gasteiger partial charge in [-0.2, -0.15) is 0 Å². The fourth-order valence-electron chi connectivity index (χ4n) is 4.72. The number of phenols is 3. The molecule has 0 bridgehead atoms. The van der Waals surface area contributed by atoms with Crippen molar-refractivity contribution in [3.05, 3.63) is 89.5 Å². The lowest BCUT2D eigenvalue weighted by Gasteiger charge is -2.25. The van der Waals surface area contributed by atoms with Gasteiger partial charge >= 0.3 is 5.97 Å². The van der Waals surface area contributed by atoms with Crippen LogP contribution in [0.5, 0.6) is 17.2 Å². The number of aliphatic imine (C=N–C) groups is 1. The number of carboxylic acids is 1. The topological polar surface area (TPSA) is 276 Å². The van der Waals surface area contributed by atoms with Crippen molar-refractivity contribution in [2.45, 2.75) is 56.3 Å². The van der Waals surface area contributed by atoms with E-state index in [2.05, 4.69) is 20.9 Å². The van der Waals surface area contributed by atoms with E-state index in [1.165, 1.54) is 48.5 Å². The van der Waals surface area contributed by atoms with Crippen molar-refractivity contribution in [1.29, 1.82) is 0 Å². The number of carboxylic acid groups (broad SMARTS) is 1. The number of nitrogens with two attached hydrogens (primary N) is 3. The summed E-state index contributed by atoms with van der Waals surface area (Å²) < 4.78 is 0. The average Bonchev–Trinajstić information content (AvgIpc) is 3.04. The summed E-state index contributed by atoms with van der Waals surface area (Å²) in [7, 11) is 0. The Kier molecular flexibility index (Phi) is 13.6. The summed E-state index contributed by atoms with van der Waals surface area (Å²) in [6.45, 7) is 0.123. The molecule has 4 atom stereocenters. The molecule has 13 N–H and O–H groups in total. The zero-order chi connectivity index (χ0) is 35.2. The lowest BCUT2D eigenvalue weighted by atomic mass is 10.0. The van der Waals surface area contributed by atoms with Gasteiger partial charge in [0.2, 0.25) is 17.7 Å². The fourth-order valence-corrected chi connectivity index (χ4v) is 4.72. The standard InChI is InChI=1S/C33H41N7O8/c34-25(16-19-3-9-22(41)10-4-19)29(44)39-27(17-20-5-11-23(42)12-6-20)31(46)38-26(2-1-15-37-33(35)36)30(45)40-28(32(47)48)18-21-7-13-24(43)14-8-21/h3-14,25-28,41-43H,1-2,15-18,34H2,(H,38,46)(H,39,44)(H,40,45)(H,47,48)(H4,35,36,37). The van der Waals surface area contributed by atoms with Gasteiger partial charge in [-0.05, 0) is 72.4 Å². The molecule has 3 aromatic rings. The number of hydrogen-bond donors (Lipinski definition) is 10. The van der Waals surface area contributed by atoms with Crippen LogP contribution in [0.1, 0.15) is 29.5 Å². The number of rotatable bonds is 17. The zero-order valence-electron chi connectivity index (χ0n) is 26.1. The third-order valence-corrected chi connectivity index (χ3v) is 7.31. The molecule has 0 aliphatic heterocycles. The molecule has 0 radical (unpaired) electrons. The molecule has 3 rings (SSSR count). The summed E-state index contributed by atoms with van der Waals surface area (Å²) in [4.78, 5) is 56.3. The van der Waals surface area contributed by atoms with E-state index in [0.29, 0.717) is 16.7 Å². The third-order valence-electron chi connectivity index (χ3n) is 7.31. The number of hydrogen-bond acceptors (Lipinski definition) is 9. The lowest BCUT2D eigenvalue weighted by Crippen LogP contribution is -2.58. The van der Waals surface area contributed by atoms with Crippen molar-refractivity contribution >= 4 is 29.7 Å². The molecule has 0 spiro atoms. The molecule has 0 saturated heterocycles. The lowest BCUT2D eigenvalue weighted by molar-refractivity contribution is -0.142. The molecule has 3 amide bonds. The minimum atomic E-state index is -1.37. The molecule has 256 valence electrons. The van der Waals surface area contributed by atoms with E-state index in [0.717, 1.165) is 0 Å². The van der Waals surface area contributed by atoms with Gasteiger partial charge in [0.1, 0.15) is 35.4 Å². The van der Waals surface area contributed by atoms with Crippen LogP contribution in [0.25, 0.3) is 0 Å². The van der Waals surface area contributed by atoms with E-state index in [-0.39, 0.29) is 61.9 Å². The number of nitrogens with zero attached hydrogens (tertiary/aromatic N) is 1. The summed E-state index contributed by atoms with van der Waals surface area (Å²) in [5.41, 5.74) is 18.7. The number of amides is 3. The molecule has 4 unspecified atom stereocenters. The summed E-state index contributed by atoms with van der Waals surface area (Å²) in [6.07, 6.45) is 0.213. The van der Waals surface area contributed by atoms with Gasteiger partial charge in [0.15, 0.2) is 5.96 Å². The Hall–Kier alpha value is -5.83. The van der Waals surface area contributed by atoms with Crippen molar-refractivity contribution in [3.8, 4) is 17.2 Å². The summed E-state index contributed by atoms with van der Waals surface area (Å²) in [5, 5.41) is 46.4. The highest BCUT2D eigenvalue weighted by Crippen LogP contribution is 2.15. The van der Waals surface area contributed by atoms with Gasteiger partial charge in [-0.1, -0.05) is 36.4 Å². The molecule has 0 aliphatic rings. The van der Waals surface area contributed by atoms with Gasteiger partial charge in [0, 0.05) is 19.4 Å². The van der Waals surface area contributed by atoms with E-state index in [1.807, 2.05) is 0 Å². The Morgan fingerprint density at radius 2 is 1.00 bits per heavy atom. The monoisotopic (exact) mass is 663 g/mol. The Bertz CT molecular complexity index is 1560. The molecule has 0 aromatic heterocycles. The summed E-state index contributed by atoms with van der Waals surface area (Å²) in [5.74, 6) is -3.64. The number of carbonyl (C=O) groups excluding carboxylic acids is 3. The number of guanidine groups is 1. The molecule has 48 heavy (non-hydrogen) atoms. The Morgan fingerprint density at radius 3 is 1.46 bits per heavy atom. The Morgan fingerprint density at radius 1 is 0.604 bits per heavy atom. The number of aliphatic carboxylic acids is 1. The number of carbonyl (C=O) groups is 4. The predicted octanol–water partition coefficient (Wildman–Crippen LogP) is -0.249. The van der Waals surface area contributed by atoms with Crippen LogP contribution >= 0.6 is 0 Å². The van der Waals surface area contributed by atoms with Crippen molar-refractivity contribution in [2.75, 3.05) is 6.54 Å². The summed E-state index contributed by atoms with van der Waals surface area (Å²) in [6, 6.07) is 13.0. The van der Waals surface area contributed by atoms with E-state index in [4.69, 9.17) is 17.2 Å². The quantitative estimate of drug-likeness (QED) is 0.0511. The molecule has 3 aromatic carbocycles. The molecule has 15 heteroatoms. The minimum Gasteiger partial charge on any atom is -0.508 e. The van der Waals surface area contributed by atoms with Crippen LogP contribution in [0.4, 0.5) is 0 Å². The average molecular weight is 664 g/mol. The molecular formula is C33H41N7O8. The highest BCUT2D eigenvalue weighted by atomic mass is 16.4. The largest absolute Gasteiger partial charge is 0.508 e. The van der Waals surface area contributed by atoms with Crippen LogP contribution in [0.3, 0.4) is 0 Å². The first-order valence-corrected chi connectivity index (χ1v) is 15.1. The minimum absolute atomic E-state index is 0.00231. The molecule has 15 nitrogen and oxygen atoms in total. The van der Waals surface area contributed by atoms with E-state index >= 15 is 0 Å². The first kappa shape index (κ1) is 36.6. The van der Waals surface area contributed by atoms with Gasteiger partial charge in [-0.15, -0.1) is 0 Å². The third kappa shape index (κ3) is 12.2. The Labute approximate surface area is 276 Å². The van der Waals surface area contributed by atoms with Crippen LogP contribution in [0.15, 0.2) is 77.8 Å². The SMILES string of the molecule is NC(N)=NCCCC(NC(=O)C(Cc1ccc(O)cc1)NC(=O)C(N)Cc1ccc(O)cc1)C(=O)NC(Cc1ccc(O)cc1)C(=O)O. The maximum atomic E-state index is 13.7. The predicted molar refractivity (Wildman–Crippen MR) is 177 cm³/mol. The first-order valence-electron chi connectivity index (χ1n) is 15.1. The maximum absolute atomic E-state index is 13.7. The van der Waals surface area contributed by atoms with Gasteiger partial charge in [-0.3, -0.25) is 19.4 Å². The fraction of sp³-hybridized carbons (Fsp3) is 0.303. The van der Waals surface area contributed by atoms with Crippen LogP contribution < -0.4 is 33.2 Å². The maximum Gasteiger partial charge on any atom is 0.326 e. The van der Waals surface area contributed by atoms with Crippen molar-refractivity contribution in [3.63, 3.8) is 0 Å². The van der Waals surface area contributed by atoms with Crippen LogP contribution in [0, 0.1) is 0 Å². The van der Waals surface area contributed by atoms with Gasteiger partial charge in [0.25, 0.3) is 0 Å². The van der Waals surface area contributed by atoms with Gasteiger partial charge < -0.3 is 53.6 Å². The molecule has 0 saturated carbocycles. The number of nitrogens with one attached hydrogen (secondary N) is 3. The second-order valence-corrected chi connectivity index (χ2v) is 11.2. The first-order chi connectivity index (χ1) is 22.8. The molecular weight excluding hydrogens is 622 g/mol. The molecule has 0 heterocycles. The Balaban J connectivity index is 1.81. The smallest absolute Gasteiger partial charge is 0.326 e. The van der Waals surface area contributed by atoms with E-state index < -0.39 is 47.9 Å². The van der Waals surface area contributed by atoms with Gasteiger partial charge in [-0.25, -0.2) is 4.79 Å². The summed E-state index contributed by atoms with van der Waals surface area (Å²) >= 11 is 0. The second-order valence-electron chi connectivity index (χ2n) is 11.2. The van der Waals surface area contributed by atoms with Crippen molar-refractivity contribution < 1.29 is 39.6 Å². The molecule has 0 fully saturated rings. The highest BCUT2D eigenvalue weighted by molar-refractivity contribution is 5.94. The van der Waals surface area contributed by atoms with Crippen molar-refractivity contribution in [2.24, 2.45) is 22.2 Å². The van der Waals surface area contributed by atoms with Crippen LogP contribution in [-0.4, -0.2) is 80.8 Å².